The van der Waals surface area contributed by atoms with Gasteiger partial charge in [-0.25, -0.2) is 13.4 Å². The Morgan fingerprint density at radius 3 is 2.59 bits per heavy atom. The summed E-state index contributed by atoms with van der Waals surface area (Å²) in [6.45, 7) is 6.93. The minimum absolute atomic E-state index is 0.0217. The molecule has 0 spiro atoms. The van der Waals surface area contributed by atoms with Crippen LogP contribution in [0.1, 0.15) is 25.1 Å². The van der Waals surface area contributed by atoms with Crippen molar-refractivity contribution in [2.75, 3.05) is 35.7 Å². The van der Waals surface area contributed by atoms with Gasteiger partial charge in [0.1, 0.15) is 5.82 Å². The number of morpholine rings is 1. The molecule has 1 saturated heterocycles. The number of rotatable bonds is 8. The van der Waals surface area contributed by atoms with Crippen LogP contribution in [0, 0.1) is 6.92 Å². The Balaban J connectivity index is 1.33. The molecule has 0 aliphatic carbocycles. The fourth-order valence-electron chi connectivity index (χ4n) is 5.18. The van der Waals surface area contributed by atoms with Gasteiger partial charge in [-0.3, -0.25) is 9.78 Å². The minimum Gasteiger partial charge on any atom is -0.395 e. The molecule has 1 aliphatic heterocycles. The van der Waals surface area contributed by atoms with Crippen molar-refractivity contribution >= 4 is 38.0 Å². The summed E-state index contributed by atoms with van der Waals surface area (Å²) in [5, 5.41) is 13.8. The third-order valence-corrected chi connectivity index (χ3v) is 8.89. The van der Waals surface area contributed by atoms with Crippen LogP contribution in [0.3, 0.4) is 0 Å². The summed E-state index contributed by atoms with van der Waals surface area (Å²) < 4.78 is 30.8. The van der Waals surface area contributed by atoms with E-state index >= 15 is 0 Å². The summed E-state index contributed by atoms with van der Waals surface area (Å²) in [5.41, 5.74) is 3.34. The molecule has 41 heavy (non-hydrogen) atoms. The van der Waals surface area contributed by atoms with Crippen LogP contribution in [0.2, 0.25) is 0 Å². The second-order valence-electron chi connectivity index (χ2n) is 10.5. The number of nitrogens with zero attached hydrogens (tertiary/aromatic N) is 3. The number of carbonyl (C=O) groups excluding carboxylic acids is 1. The maximum Gasteiger partial charge on any atom is 0.230 e. The van der Waals surface area contributed by atoms with E-state index in [4.69, 9.17) is 14.8 Å². The topological polar surface area (TPSA) is 122 Å². The highest BCUT2D eigenvalue weighted by molar-refractivity contribution is 7.91. The number of ether oxygens (including phenoxy) is 1. The highest BCUT2D eigenvalue weighted by Crippen LogP contribution is 2.27. The zero-order valence-electron chi connectivity index (χ0n) is 23.4. The number of anilines is 2. The van der Waals surface area contributed by atoms with E-state index in [1.807, 2.05) is 42.5 Å². The van der Waals surface area contributed by atoms with Crippen molar-refractivity contribution < 1.29 is 23.1 Å². The van der Waals surface area contributed by atoms with Crippen molar-refractivity contribution in [2.45, 2.75) is 44.3 Å². The number of aryl methyl sites for hydroxylation is 1. The molecule has 10 heteroatoms. The first-order valence-electron chi connectivity index (χ1n) is 13.6. The number of hydrogen-bond donors (Lipinski definition) is 2. The van der Waals surface area contributed by atoms with Crippen molar-refractivity contribution in [3.05, 3.63) is 78.1 Å². The highest BCUT2D eigenvalue weighted by atomic mass is 32.2. The molecule has 0 unspecified atom stereocenters. The molecule has 1 fully saturated rings. The van der Waals surface area contributed by atoms with Crippen molar-refractivity contribution in [3.8, 4) is 11.3 Å². The Morgan fingerprint density at radius 2 is 1.83 bits per heavy atom. The SMILES string of the molecule is Cc1ccc(NC(=O)Cc2cc3cc(-c4cccc(N5C[C@@H](C)O[C@@H](C)C5)n4)ccc3cn2)cc1S(=O)(=O)CCO. The molecule has 0 saturated carbocycles. The van der Waals surface area contributed by atoms with Gasteiger partial charge in [0.05, 0.1) is 47.3 Å². The molecule has 9 nitrogen and oxygen atoms in total. The van der Waals surface area contributed by atoms with Crippen LogP contribution in [0.5, 0.6) is 0 Å². The number of sulfone groups is 1. The molecular formula is C31H34N4O5S. The Morgan fingerprint density at radius 1 is 1.05 bits per heavy atom. The minimum atomic E-state index is -3.65. The number of hydrogen-bond acceptors (Lipinski definition) is 8. The maximum absolute atomic E-state index is 12.8. The Bertz CT molecular complexity index is 1680. The fourth-order valence-corrected chi connectivity index (χ4v) is 6.51. The van der Waals surface area contributed by atoms with E-state index in [9.17, 15) is 13.2 Å². The number of pyridine rings is 2. The quantitative estimate of drug-likeness (QED) is 0.322. The van der Waals surface area contributed by atoms with Gasteiger partial charge >= 0.3 is 0 Å². The third kappa shape index (κ3) is 6.73. The van der Waals surface area contributed by atoms with Gasteiger partial charge in [0.2, 0.25) is 5.91 Å². The van der Waals surface area contributed by atoms with Crippen molar-refractivity contribution in [1.82, 2.24) is 9.97 Å². The van der Waals surface area contributed by atoms with Gasteiger partial charge in [-0.1, -0.05) is 24.3 Å². The second kappa shape index (κ2) is 11.9. The van der Waals surface area contributed by atoms with Crippen molar-refractivity contribution in [3.63, 3.8) is 0 Å². The molecule has 3 heterocycles. The Labute approximate surface area is 240 Å². The normalized spacial score (nSPS) is 17.5. The number of carbonyl (C=O) groups is 1. The standard InChI is InChI=1S/C31H34N4O5S/c1-20-7-10-26(15-29(20)41(38,39)12-11-36)33-31(37)16-27-14-25-13-23(8-9-24(25)17-32-27)28-5-4-6-30(34-28)35-18-21(2)40-22(3)19-35/h4-10,13-15,17,21-22,36H,11-12,16,18-19H2,1-3H3,(H,33,37)/t21-,22+. The summed E-state index contributed by atoms with van der Waals surface area (Å²) in [4.78, 5) is 24.6. The number of aliphatic hydroxyl groups excluding tert-OH is 1. The van der Waals surface area contributed by atoms with Crippen LogP contribution in [-0.2, 0) is 25.8 Å². The average Bonchev–Trinajstić information content (AvgIpc) is 2.93. The number of amides is 1. The molecule has 1 aliphatic rings. The smallest absolute Gasteiger partial charge is 0.230 e. The van der Waals surface area contributed by atoms with Gasteiger partial charge < -0.3 is 20.1 Å². The zero-order chi connectivity index (χ0) is 29.1. The van der Waals surface area contributed by atoms with Gasteiger partial charge in [0, 0.05) is 35.9 Å². The summed E-state index contributed by atoms with van der Waals surface area (Å²) in [6, 6.07) is 18.7. The predicted octanol–water partition coefficient (Wildman–Crippen LogP) is 4.17. The van der Waals surface area contributed by atoms with Gasteiger partial charge in [-0.05, 0) is 68.1 Å². The van der Waals surface area contributed by atoms with Crippen LogP contribution in [0.15, 0.2) is 71.8 Å². The van der Waals surface area contributed by atoms with Gasteiger partial charge in [-0.2, -0.15) is 0 Å². The highest BCUT2D eigenvalue weighted by Gasteiger charge is 2.23. The van der Waals surface area contributed by atoms with Crippen LogP contribution in [-0.4, -0.2) is 67.1 Å². The number of nitrogens with one attached hydrogen (secondary N) is 1. The summed E-state index contributed by atoms with van der Waals surface area (Å²) >= 11 is 0. The average molecular weight is 575 g/mol. The van der Waals surface area contributed by atoms with E-state index in [0.29, 0.717) is 16.9 Å². The summed E-state index contributed by atoms with van der Waals surface area (Å²) in [7, 11) is -3.65. The largest absolute Gasteiger partial charge is 0.395 e. The Hall–Kier alpha value is -3.86. The van der Waals surface area contributed by atoms with E-state index in [1.54, 1.807) is 25.3 Å². The van der Waals surface area contributed by atoms with Gasteiger partial charge in [-0.15, -0.1) is 0 Å². The zero-order valence-corrected chi connectivity index (χ0v) is 24.2. The lowest BCUT2D eigenvalue weighted by atomic mass is 10.0. The van der Waals surface area contributed by atoms with Crippen molar-refractivity contribution in [2.24, 2.45) is 0 Å². The van der Waals surface area contributed by atoms with Crippen LogP contribution in [0.4, 0.5) is 11.5 Å². The van der Waals surface area contributed by atoms with Crippen LogP contribution >= 0.6 is 0 Å². The molecule has 214 valence electrons. The first kappa shape index (κ1) is 28.7. The lowest BCUT2D eigenvalue weighted by Gasteiger charge is -2.36. The molecule has 5 rings (SSSR count). The number of benzene rings is 2. The summed E-state index contributed by atoms with van der Waals surface area (Å²) in [5.74, 6) is 0.227. The lowest BCUT2D eigenvalue weighted by Crippen LogP contribution is -2.45. The lowest BCUT2D eigenvalue weighted by molar-refractivity contribution is -0.115. The van der Waals surface area contributed by atoms with E-state index in [-0.39, 0.29) is 35.2 Å². The molecule has 2 aromatic heterocycles. The number of fused-ring (bicyclic) bond motifs is 1. The van der Waals surface area contributed by atoms with Crippen LogP contribution < -0.4 is 10.2 Å². The molecule has 2 aromatic carbocycles. The molecular weight excluding hydrogens is 540 g/mol. The first-order valence-corrected chi connectivity index (χ1v) is 15.3. The third-order valence-electron chi connectivity index (χ3n) is 7.06. The van der Waals surface area contributed by atoms with Crippen LogP contribution in [0.25, 0.3) is 22.0 Å². The van der Waals surface area contributed by atoms with Gasteiger partial charge in [0.15, 0.2) is 9.84 Å². The fraction of sp³-hybridized carbons (Fsp3) is 0.323. The van der Waals surface area contributed by atoms with Gasteiger partial charge in [0.25, 0.3) is 0 Å². The molecule has 4 aromatic rings. The molecule has 2 N–H and O–H groups in total. The second-order valence-corrected chi connectivity index (χ2v) is 12.6. The van der Waals surface area contributed by atoms with Crippen molar-refractivity contribution in [1.29, 1.82) is 0 Å². The monoisotopic (exact) mass is 574 g/mol. The molecule has 0 radical (unpaired) electrons. The van der Waals surface area contributed by atoms with E-state index in [2.05, 4.69) is 29.0 Å². The molecule has 1 amide bonds. The van der Waals surface area contributed by atoms with E-state index < -0.39 is 16.4 Å². The Kier molecular flexibility index (Phi) is 8.35. The molecule has 2 atom stereocenters. The van der Waals surface area contributed by atoms with E-state index in [1.165, 1.54) is 6.07 Å². The van der Waals surface area contributed by atoms with E-state index in [0.717, 1.165) is 40.9 Å². The molecule has 0 bridgehead atoms. The summed E-state index contributed by atoms with van der Waals surface area (Å²) in [6.07, 6.45) is 2.04. The maximum atomic E-state index is 12.8. The number of aliphatic hydroxyl groups is 1. The number of aromatic nitrogens is 2. The predicted molar refractivity (Wildman–Crippen MR) is 160 cm³/mol. The first-order chi connectivity index (χ1) is 19.6.